The molecular weight excluding hydrogens is 236 g/mol. The van der Waals surface area contributed by atoms with E-state index in [-0.39, 0.29) is 0 Å². The van der Waals surface area contributed by atoms with Gasteiger partial charge in [-0.2, -0.15) is 0 Å². The van der Waals surface area contributed by atoms with E-state index in [4.69, 9.17) is 0 Å². The van der Waals surface area contributed by atoms with Gasteiger partial charge >= 0.3 is 0 Å². The lowest BCUT2D eigenvalue weighted by molar-refractivity contribution is 0.143. The third-order valence-corrected chi connectivity index (χ3v) is 2.54. The molecule has 0 unspecified atom stereocenters. The first kappa shape index (κ1) is 13.3. The zero-order valence-corrected chi connectivity index (χ0v) is 11.3. The summed E-state index contributed by atoms with van der Waals surface area (Å²) in [6.07, 6.45) is 0. The van der Waals surface area contributed by atoms with Crippen LogP contribution in [-0.4, -0.2) is 20.9 Å². The van der Waals surface area contributed by atoms with Crippen molar-refractivity contribution in [1.82, 2.24) is 10.2 Å². The second kappa shape index (κ2) is 5.21. The van der Waals surface area contributed by atoms with Gasteiger partial charge in [0.15, 0.2) is 0 Å². The molecule has 0 saturated carbocycles. The molecule has 0 atom stereocenters. The molecule has 0 radical (unpaired) electrons. The predicted octanol–water partition coefficient (Wildman–Crippen LogP) is 2.57. The zero-order valence-electron chi connectivity index (χ0n) is 11.3. The van der Waals surface area contributed by atoms with Crippen LogP contribution in [0.15, 0.2) is 36.4 Å². The van der Waals surface area contributed by atoms with Gasteiger partial charge in [-0.05, 0) is 38.3 Å². The van der Waals surface area contributed by atoms with Crippen LogP contribution in [0, 0.1) is 18.8 Å². The highest BCUT2D eigenvalue weighted by Crippen LogP contribution is 2.17. The molecule has 0 aliphatic rings. The Bertz CT molecular complexity index is 631. The van der Waals surface area contributed by atoms with Crippen LogP contribution >= 0.6 is 0 Å². The van der Waals surface area contributed by atoms with E-state index < -0.39 is 5.60 Å². The Labute approximate surface area is 113 Å². The molecule has 1 heterocycles. The number of benzene rings is 1. The van der Waals surface area contributed by atoms with E-state index in [9.17, 15) is 5.11 Å². The van der Waals surface area contributed by atoms with Crippen LogP contribution in [-0.2, 0) is 0 Å². The average Bonchev–Trinajstić information content (AvgIpc) is 2.37. The standard InChI is InChI=1S/C16H16N2O/c1-12-11-15(13-7-5-4-6-8-13)18-17-14(12)9-10-16(2,3)19/h4-8,11,19H,1-3H3. The van der Waals surface area contributed by atoms with Crippen LogP contribution < -0.4 is 0 Å². The van der Waals surface area contributed by atoms with E-state index in [1.807, 2.05) is 43.3 Å². The van der Waals surface area contributed by atoms with Crippen LogP contribution in [0.5, 0.6) is 0 Å². The van der Waals surface area contributed by atoms with Crippen molar-refractivity contribution >= 4 is 0 Å². The molecule has 1 aromatic heterocycles. The summed E-state index contributed by atoms with van der Waals surface area (Å²) in [5.41, 5.74) is 2.38. The van der Waals surface area contributed by atoms with Gasteiger partial charge in [0, 0.05) is 5.56 Å². The van der Waals surface area contributed by atoms with Crippen LogP contribution in [0.1, 0.15) is 25.1 Å². The van der Waals surface area contributed by atoms with Crippen molar-refractivity contribution in [2.45, 2.75) is 26.4 Å². The van der Waals surface area contributed by atoms with Gasteiger partial charge in [0.2, 0.25) is 0 Å². The third-order valence-electron chi connectivity index (χ3n) is 2.54. The molecule has 2 aromatic rings. The minimum Gasteiger partial charge on any atom is -0.378 e. The first-order chi connectivity index (χ1) is 8.96. The molecule has 3 heteroatoms. The number of hydrogen-bond acceptors (Lipinski definition) is 3. The van der Waals surface area contributed by atoms with Gasteiger partial charge in [-0.3, -0.25) is 0 Å². The fourth-order valence-corrected chi connectivity index (χ4v) is 1.57. The first-order valence-corrected chi connectivity index (χ1v) is 6.11. The largest absolute Gasteiger partial charge is 0.378 e. The lowest BCUT2D eigenvalue weighted by Crippen LogP contribution is -2.14. The van der Waals surface area contributed by atoms with E-state index in [0.29, 0.717) is 5.69 Å². The number of aliphatic hydroxyl groups is 1. The minimum atomic E-state index is -1.02. The van der Waals surface area contributed by atoms with Gasteiger partial charge in [0.1, 0.15) is 11.3 Å². The highest BCUT2D eigenvalue weighted by Gasteiger charge is 2.07. The zero-order chi connectivity index (χ0) is 13.9. The number of rotatable bonds is 1. The molecule has 1 N–H and O–H groups in total. The SMILES string of the molecule is Cc1cc(-c2ccccc2)nnc1C#CC(C)(C)O. The number of aromatic nitrogens is 2. The quantitative estimate of drug-likeness (QED) is 0.793. The molecule has 0 bridgehead atoms. The Kier molecular flexibility index (Phi) is 3.64. The van der Waals surface area contributed by atoms with E-state index >= 15 is 0 Å². The monoisotopic (exact) mass is 252 g/mol. The fraction of sp³-hybridized carbons (Fsp3) is 0.250. The van der Waals surface area contributed by atoms with Crippen LogP contribution in [0.25, 0.3) is 11.3 Å². The predicted molar refractivity (Wildman–Crippen MR) is 75.4 cm³/mol. The summed E-state index contributed by atoms with van der Waals surface area (Å²) in [5, 5.41) is 17.9. The van der Waals surface area contributed by atoms with Gasteiger partial charge < -0.3 is 5.11 Å². The summed E-state index contributed by atoms with van der Waals surface area (Å²) in [6, 6.07) is 11.8. The van der Waals surface area contributed by atoms with Crippen molar-refractivity contribution < 1.29 is 5.11 Å². The Balaban J connectivity index is 2.35. The van der Waals surface area contributed by atoms with Crippen LogP contribution in [0.2, 0.25) is 0 Å². The van der Waals surface area contributed by atoms with E-state index in [0.717, 1.165) is 16.8 Å². The van der Waals surface area contributed by atoms with Crippen LogP contribution in [0.4, 0.5) is 0 Å². The Morgan fingerprint density at radius 1 is 1.11 bits per heavy atom. The van der Waals surface area contributed by atoms with E-state index in [2.05, 4.69) is 22.0 Å². The molecule has 3 nitrogen and oxygen atoms in total. The second-order valence-corrected chi connectivity index (χ2v) is 4.94. The molecule has 0 spiro atoms. The molecule has 2 rings (SSSR count). The number of aryl methyl sites for hydroxylation is 1. The van der Waals surface area contributed by atoms with Crippen LogP contribution in [0.3, 0.4) is 0 Å². The van der Waals surface area contributed by atoms with Crippen molar-refractivity contribution in [3.8, 4) is 23.1 Å². The van der Waals surface area contributed by atoms with Crippen molar-refractivity contribution in [3.63, 3.8) is 0 Å². The van der Waals surface area contributed by atoms with Crippen molar-refractivity contribution in [2.75, 3.05) is 0 Å². The topological polar surface area (TPSA) is 46.0 Å². The maximum Gasteiger partial charge on any atom is 0.138 e. The smallest absolute Gasteiger partial charge is 0.138 e. The summed E-state index contributed by atoms with van der Waals surface area (Å²) in [4.78, 5) is 0. The molecule has 0 aliphatic heterocycles. The highest BCUT2D eigenvalue weighted by atomic mass is 16.3. The summed E-state index contributed by atoms with van der Waals surface area (Å²) in [5.74, 6) is 5.60. The van der Waals surface area contributed by atoms with Gasteiger partial charge in [-0.25, -0.2) is 0 Å². The summed E-state index contributed by atoms with van der Waals surface area (Å²) >= 11 is 0. The number of nitrogens with zero attached hydrogens (tertiary/aromatic N) is 2. The minimum absolute atomic E-state index is 0.599. The molecule has 19 heavy (non-hydrogen) atoms. The summed E-state index contributed by atoms with van der Waals surface area (Å²) in [6.45, 7) is 5.22. The first-order valence-electron chi connectivity index (χ1n) is 6.11. The Morgan fingerprint density at radius 2 is 1.79 bits per heavy atom. The van der Waals surface area contributed by atoms with Gasteiger partial charge in [0.25, 0.3) is 0 Å². The lowest BCUT2D eigenvalue weighted by Gasteiger charge is -2.06. The van der Waals surface area contributed by atoms with Gasteiger partial charge in [0.05, 0.1) is 5.69 Å². The van der Waals surface area contributed by atoms with E-state index in [1.54, 1.807) is 13.8 Å². The molecule has 0 amide bonds. The molecule has 0 fully saturated rings. The maximum absolute atomic E-state index is 9.58. The third kappa shape index (κ3) is 3.64. The van der Waals surface area contributed by atoms with Gasteiger partial charge in [-0.1, -0.05) is 36.3 Å². The Hall–Kier alpha value is -2.18. The van der Waals surface area contributed by atoms with E-state index in [1.165, 1.54) is 0 Å². The van der Waals surface area contributed by atoms with Crippen molar-refractivity contribution in [2.24, 2.45) is 0 Å². The number of hydrogen-bond donors (Lipinski definition) is 1. The second-order valence-electron chi connectivity index (χ2n) is 4.94. The normalized spacial score (nSPS) is 10.7. The fourth-order valence-electron chi connectivity index (χ4n) is 1.57. The molecular formula is C16H16N2O. The molecule has 96 valence electrons. The summed E-state index contributed by atoms with van der Waals surface area (Å²) < 4.78 is 0. The van der Waals surface area contributed by atoms with Crippen molar-refractivity contribution in [3.05, 3.63) is 47.7 Å². The Morgan fingerprint density at radius 3 is 2.37 bits per heavy atom. The average molecular weight is 252 g/mol. The summed E-state index contributed by atoms with van der Waals surface area (Å²) in [7, 11) is 0. The van der Waals surface area contributed by atoms with Crippen molar-refractivity contribution in [1.29, 1.82) is 0 Å². The molecule has 0 aliphatic carbocycles. The molecule has 1 aromatic carbocycles. The maximum atomic E-state index is 9.58. The van der Waals surface area contributed by atoms with Gasteiger partial charge in [-0.15, -0.1) is 10.2 Å². The highest BCUT2D eigenvalue weighted by molar-refractivity contribution is 5.59. The lowest BCUT2D eigenvalue weighted by atomic mass is 10.1. The molecule has 0 saturated heterocycles.